The van der Waals surface area contributed by atoms with Crippen molar-refractivity contribution in [3.8, 4) is 11.5 Å². The van der Waals surface area contributed by atoms with E-state index in [1.54, 1.807) is 18.2 Å². The Morgan fingerprint density at radius 3 is 2.50 bits per heavy atom. The molecule has 1 saturated carbocycles. The molecule has 24 heavy (non-hydrogen) atoms. The van der Waals surface area contributed by atoms with Gasteiger partial charge < -0.3 is 9.47 Å². The summed E-state index contributed by atoms with van der Waals surface area (Å²) in [6.45, 7) is 6.62. The van der Waals surface area contributed by atoms with E-state index in [4.69, 9.17) is 9.47 Å². The predicted molar refractivity (Wildman–Crippen MR) is 93.5 cm³/mol. The second-order valence-electron chi connectivity index (χ2n) is 7.22. The van der Waals surface area contributed by atoms with Gasteiger partial charge in [-0.05, 0) is 55.2 Å². The van der Waals surface area contributed by atoms with Crippen molar-refractivity contribution in [3.05, 3.63) is 23.8 Å². The molecule has 1 fully saturated rings. The van der Waals surface area contributed by atoms with Crippen LogP contribution in [0.25, 0.3) is 0 Å². The highest BCUT2D eigenvalue weighted by molar-refractivity contribution is 5.79. The Bertz CT molecular complexity index is 579. The van der Waals surface area contributed by atoms with Gasteiger partial charge >= 0.3 is 5.97 Å². The van der Waals surface area contributed by atoms with E-state index in [-0.39, 0.29) is 11.9 Å². The molecule has 1 aromatic rings. The van der Waals surface area contributed by atoms with Crippen LogP contribution in [0.3, 0.4) is 0 Å². The number of ether oxygens (including phenoxy) is 2. The van der Waals surface area contributed by atoms with Crippen LogP contribution in [0.1, 0.15) is 56.8 Å². The van der Waals surface area contributed by atoms with Crippen LogP contribution in [0.4, 0.5) is 0 Å². The molecule has 4 nitrogen and oxygen atoms in total. The maximum atomic E-state index is 12.8. The number of methoxy groups -OCH3 is 1. The monoisotopic (exact) mass is 332 g/mol. The molecule has 3 unspecified atom stereocenters. The lowest BCUT2D eigenvalue weighted by Crippen LogP contribution is -2.30. The summed E-state index contributed by atoms with van der Waals surface area (Å²) in [7, 11) is 1.51. The molecular weight excluding hydrogens is 304 g/mol. The molecule has 0 spiro atoms. The van der Waals surface area contributed by atoms with Crippen molar-refractivity contribution in [3.63, 3.8) is 0 Å². The van der Waals surface area contributed by atoms with Crippen molar-refractivity contribution in [2.75, 3.05) is 7.11 Å². The Hall–Kier alpha value is -1.84. The second kappa shape index (κ2) is 8.32. The summed E-state index contributed by atoms with van der Waals surface area (Å²) in [6.07, 6.45) is 4.92. The van der Waals surface area contributed by atoms with Crippen molar-refractivity contribution < 1.29 is 19.1 Å². The minimum absolute atomic E-state index is 0.0783. The van der Waals surface area contributed by atoms with Gasteiger partial charge in [-0.15, -0.1) is 0 Å². The van der Waals surface area contributed by atoms with Crippen molar-refractivity contribution in [2.24, 2.45) is 23.7 Å². The Kier molecular flexibility index (Phi) is 6.41. The fourth-order valence-electron chi connectivity index (χ4n) is 3.62. The van der Waals surface area contributed by atoms with E-state index in [2.05, 4.69) is 20.8 Å². The van der Waals surface area contributed by atoms with E-state index in [9.17, 15) is 9.59 Å². The van der Waals surface area contributed by atoms with Gasteiger partial charge in [0, 0.05) is 5.56 Å². The van der Waals surface area contributed by atoms with Crippen molar-refractivity contribution >= 4 is 12.3 Å². The molecular formula is C20H28O4. The van der Waals surface area contributed by atoms with E-state index >= 15 is 0 Å². The normalized spacial score (nSPS) is 24.3. The highest BCUT2D eigenvalue weighted by Gasteiger charge is 2.34. The molecule has 0 radical (unpaired) electrons. The second-order valence-corrected chi connectivity index (χ2v) is 7.22. The minimum Gasteiger partial charge on any atom is -0.493 e. The van der Waals surface area contributed by atoms with Crippen LogP contribution in [0.5, 0.6) is 11.5 Å². The van der Waals surface area contributed by atoms with Gasteiger partial charge in [0.15, 0.2) is 11.5 Å². The number of aldehydes is 1. The van der Waals surface area contributed by atoms with Crippen LogP contribution >= 0.6 is 0 Å². The van der Waals surface area contributed by atoms with Crippen molar-refractivity contribution in [1.82, 2.24) is 0 Å². The topological polar surface area (TPSA) is 52.6 Å². The van der Waals surface area contributed by atoms with E-state index in [0.29, 0.717) is 34.8 Å². The summed E-state index contributed by atoms with van der Waals surface area (Å²) in [4.78, 5) is 23.7. The molecule has 0 heterocycles. The van der Waals surface area contributed by atoms with Crippen LogP contribution in [0.2, 0.25) is 0 Å². The first kappa shape index (κ1) is 18.5. The van der Waals surface area contributed by atoms with Gasteiger partial charge in [0.05, 0.1) is 13.0 Å². The third-order valence-electron chi connectivity index (χ3n) is 5.17. The smallest absolute Gasteiger partial charge is 0.314 e. The zero-order chi connectivity index (χ0) is 17.7. The molecule has 132 valence electrons. The predicted octanol–water partition coefficient (Wildman–Crippen LogP) is 4.51. The molecule has 1 aliphatic carbocycles. The highest BCUT2D eigenvalue weighted by atomic mass is 16.6. The summed E-state index contributed by atoms with van der Waals surface area (Å²) in [5.74, 6) is 2.00. The van der Waals surface area contributed by atoms with Gasteiger partial charge in [-0.25, -0.2) is 0 Å². The molecule has 0 bridgehead atoms. The highest BCUT2D eigenvalue weighted by Crippen LogP contribution is 2.38. The van der Waals surface area contributed by atoms with Crippen molar-refractivity contribution in [2.45, 2.75) is 46.5 Å². The first-order chi connectivity index (χ1) is 11.5. The zero-order valence-corrected chi connectivity index (χ0v) is 15.1. The van der Waals surface area contributed by atoms with Crippen LogP contribution in [0.15, 0.2) is 18.2 Å². The Balaban J connectivity index is 2.19. The molecule has 1 aromatic carbocycles. The molecule has 0 N–H and O–H groups in total. The van der Waals surface area contributed by atoms with Gasteiger partial charge in [0.1, 0.15) is 6.29 Å². The van der Waals surface area contributed by atoms with Gasteiger partial charge in [0.25, 0.3) is 0 Å². The largest absolute Gasteiger partial charge is 0.493 e. The molecule has 0 amide bonds. The maximum Gasteiger partial charge on any atom is 0.314 e. The van der Waals surface area contributed by atoms with Crippen LogP contribution in [-0.4, -0.2) is 19.4 Å². The first-order valence-corrected chi connectivity index (χ1v) is 8.81. The average molecular weight is 332 g/mol. The fraction of sp³-hybridized carbons (Fsp3) is 0.600. The number of carbonyl (C=O) groups excluding carboxylic acids is 2. The summed E-state index contributed by atoms with van der Waals surface area (Å²) in [5, 5.41) is 0. The Labute approximate surface area is 144 Å². The molecule has 3 atom stereocenters. The average Bonchev–Trinajstić information content (AvgIpc) is 2.77. The molecule has 0 aliphatic heterocycles. The summed E-state index contributed by atoms with van der Waals surface area (Å²) in [6, 6.07) is 4.85. The standard InChI is InChI=1S/C20H28O4/c1-13(2)16-8-5-14(3)6-9-17(16)20(22)24-18-10-7-15(12-21)11-19(18)23-4/h7,10-14,16-17H,5-6,8-9H2,1-4H3. The summed E-state index contributed by atoms with van der Waals surface area (Å²) >= 11 is 0. The lowest BCUT2D eigenvalue weighted by atomic mass is 9.80. The van der Waals surface area contributed by atoms with E-state index in [1.165, 1.54) is 13.5 Å². The van der Waals surface area contributed by atoms with E-state index < -0.39 is 0 Å². The summed E-state index contributed by atoms with van der Waals surface area (Å²) < 4.78 is 10.9. The van der Waals surface area contributed by atoms with Gasteiger partial charge in [-0.2, -0.15) is 0 Å². The minimum atomic E-state index is -0.181. The van der Waals surface area contributed by atoms with Crippen LogP contribution in [0, 0.1) is 23.7 Å². The lowest BCUT2D eigenvalue weighted by molar-refractivity contribution is -0.142. The number of hydrogen-bond donors (Lipinski definition) is 0. The van der Waals surface area contributed by atoms with Crippen LogP contribution in [-0.2, 0) is 4.79 Å². The van der Waals surface area contributed by atoms with Crippen molar-refractivity contribution in [1.29, 1.82) is 0 Å². The van der Waals surface area contributed by atoms with E-state index in [0.717, 1.165) is 25.5 Å². The fourth-order valence-corrected chi connectivity index (χ4v) is 3.62. The number of carbonyl (C=O) groups is 2. The first-order valence-electron chi connectivity index (χ1n) is 8.81. The SMILES string of the molecule is COc1cc(C=O)ccc1OC(=O)C1CCC(C)CCC1C(C)C. The van der Waals surface area contributed by atoms with Gasteiger partial charge in [0.2, 0.25) is 0 Å². The molecule has 4 heteroatoms. The lowest BCUT2D eigenvalue weighted by Gasteiger charge is -2.27. The van der Waals surface area contributed by atoms with Crippen LogP contribution < -0.4 is 9.47 Å². The Morgan fingerprint density at radius 2 is 1.88 bits per heavy atom. The quantitative estimate of drug-likeness (QED) is 0.344. The third-order valence-corrected chi connectivity index (χ3v) is 5.17. The van der Waals surface area contributed by atoms with E-state index in [1.807, 2.05) is 0 Å². The molecule has 0 aromatic heterocycles. The number of esters is 1. The molecule has 1 aliphatic rings. The van der Waals surface area contributed by atoms with Gasteiger partial charge in [-0.3, -0.25) is 9.59 Å². The number of hydrogen-bond acceptors (Lipinski definition) is 4. The third kappa shape index (κ3) is 4.37. The summed E-state index contributed by atoms with van der Waals surface area (Å²) in [5.41, 5.74) is 0.495. The van der Waals surface area contributed by atoms with Gasteiger partial charge in [-0.1, -0.05) is 27.2 Å². The zero-order valence-electron chi connectivity index (χ0n) is 15.1. The number of benzene rings is 1. The number of rotatable bonds is 5. The Morgan fingerprint density at radius 1 is 1.17 bits per heavy atom. The maximum absolute atomic E-state index is 12.8. The molecule has 0 saturated heterocycles. The molecule has 2 rings (SSSR count).